The third kappa shape index (κ3) is 2.81. The van der Waals surface area contributed by atoms with Crippen molar-refractivity contribution in [2.45, 2.75) is 12.5 Å². The molecule has 3 rings (SSSR count). The van der Waals surface area contributed by atoms with E-state index in [1.54, 1.807) is 7.11 Å². The molecule has 0 spiro atoms. The first-order chi connectivity index (χ1) is 9.86. The van der Waals surface area contributed by atoms with E-state index in [1.807, 2.05) is 12.1 Å². The molecule has 1 saturated heterocycles. The Labute approximate surface area is 117 Å². The summed E-state index contributed by atoms with van der Waals surface area (Å²) in [5.74, 6) is 1.28. The number of methoxy groups -OCH3 is 1. The topological polar surface area (TPSA) is 69.4 Å². The van der Waals surface area contributed by atoms with Gasteiger partial charge in [0.05, 0.1) is 25.9 Å². The molecule has 1 aliphatic heterocycles. The summed E-state index contributed by atoms with van der Waals surface area (Å²) in [6, 6.07) is 6.37. The molecular formula is C14H17N3O3. The number of rotatable bonds is 4. The van der Waals surface area contributed by atoms with E-state index in [0.717, 1.165) is 37.5 Å². The molecule has 0 radical (unpaired) electrons. The molecule has 1 aromatic carbocycles. The van der Waals surface area contributed by atoms with E-state index in [9.17, 15) is 0 Å². The van der Waals surface area contributed by atoms with Crippen LogP contribution in [0.3, 0.4) is 0 Å². The van der Waals surface area contributed by atoms with Crippen molar-refractivity contribution in [3.63, 3.8) is 0 Å². The van der Waals surface area contributed by atoms with Crippen molar-refractivity contribution in [1.29, 1.82) is 0 Å². The largest absolute Gasteiger partial charge is 0.496 e. The second kappa shape index (κ2) is 6.02. The van der Waals surface area contributed by atoms with Gasteiger partial charge in [0.15, 0.2) is 0 Å². The van der Waals surface area contributed by atoms with Crippen LogP contribution in [-0.2, 0) is 11.2 Å². The predicted molar refractivity (Wildman–Crippen MR) is 72.6 cm³/mol. The highest BCUT2D eigenvalue weighted by molar-refractivity contribution is 5.64. The molecule has 1 atom stereocenters. The van der Waals surface area contributed by atoms with Gasteiger partial charge < -0.3 is 19.3 Å². The first-order valence-electron chi connectivity index (χ1n) is 6.61. The van der Waals surface area contributed by atoms with Gasteiger partial charge in [0, 0.05) is 12.6 Å². The lowest BCUT2D eigenvalue weighted by Gasteiger charge is -2.24. The van der Waals surface area contributed by atoms with Crippen molar-refractivity contribution in [2.75, 3.05) is 26.9 Å². The minimum absolute atomic E-state index is 0.343. The molecule has 2 heterocycles. The van der Waals surface area contributed by atoms with Crippen LogP contribution in [0.1, 0.15) is 5.56 Å². The number of hydrogen-bond acceptors (Lipinski definition) is 6. The molecule has 0 aliphatic carbocycles. The van der Waals surface area contributed by atoms with Crippen molar-refractivity contribution in [1.82, 2.24) is 15.5 Å². The number of ether oxygens (including phenoxy) is 2. The summed E-state index contributed by atoms with van der Waals surface area (Å²) in [7, 11) is 1.63. The van der Waals surface area contributed by atoms with Gasteiger partial charge in [0.25, 0.3) is 0 Å². The quantitative estimate of drug-likeness (QED) is 0.906. The fourth-order valence-electron chi connectivity index (χ4n) is 2.38. The monoisotopic (exact) mass is 275 g/mol. The van der Waals surface area contributed by atoms with Crippen LogP contribution in [0, 0.1) is 0 Å². The zero-order valence-electron chi connectivity index (χ0n) is 11.3. The minimum Gasteiger partial charge on any atom is -0.496 e. The maximum absolute atomic E-state index is 5.47. The Morgan fingerprint density at radius 2 is 2.40 bits per heavy atom. The van der Waals surface area contributed by atoms with Gasteiger partial charge in [-0.1, -0.05) is 11.2 Å². The van der Waals surface area contributed by atoms with Crippen molar-refractivity contribution < 1.29 is 14.0 Å². The summed E-state index contributed by atoms with van der Waals surface area (Å²) in [4.78, 5) is 4.08. The average molecular weight is 275 g/mol. The molecule has 106 valence electrons. The Kier molecular flexibility index (Phi) is 3.94. The summed E-state index contributed by atoms with van der Waals surface area (Å²) < 4.78 is 15.6. The summed E-state index contributed by atoms with van der Waals surface area (Å²) in [6.45, 7) is 2.43. The summed E-state index contributed by atoms with van der Waals surface area (Å²) >= 11 is 0. The van der Waals surface area contributed by atoms with E-state index >= 15 is 0 Å². The molecule has 1 fully saturated rings. The predicted octanol–water partition coefficient (Wildman–Crippen LogP) is 1.28. The number of benzene rings is 1. The zero-order chi connectivity index (χ0) is 13.8. The van der Waals surface area contributed by atoms with Gasteiger partial charge in [-0.2, -0.15) is 4.98 Å². The lowest BCUT2D eigenvalue weighted by molar-refractivity contribution is 0.0770. The molecule has 6 heteroatoms. The number of nitrogens with zero attached hydrogens (tertiary/aromatic N) is 2. The van der Waals surface area contributed by atoms with Crippen LogP contribution in [-0.4, -0.2) is 43.1 Å². The Morgan fingerprint density at radius 3 is 3.10 bits per heavy atom. The lowest BCUT2D eigenvalue weighted by Crippen LogP contribution is -2.42. The van der Waals surface area contributed by atoms with Gasteiger partial charge in [-0.05, 0) is 24.1 Å². The van der Waals surface area contributed by atoms with Crippen LogP contribution >= 0.6 is 0 Å². The van der Waals surface area contributed by atoms with E-state index in [-0.39, 0.29) is 0 Å². The van der Waals surface area contributed by atoms with Crippen molar-refractivity contribution >= 4 is 0 Å². The molecule has 0 bridgehead atoms. The highest BCUT2D eigenvalue weighted by atomic mass is 16.5. The fourth-order valence-corrected chi connectivity index (χ4v) is 2.38. The first-order valence-corrected chi connectivity index (χ1v) is 6.61. The average Bonchev–Trinajstić information content (AvgIpc) is 3.02. The molecule has 0 amide bonds. The summed E-state index contributed by atoms with van der Waals surface area (Å²) in [5, 5.41) is 7.32. The van der Waals surface area contributed by atoms with Crippen LogP contribution in [0.2, 0.25) is 0 Å². The normalized spacial score (nSPS) is 18.9. The SMILES string of the molecule is COc1ccc(C[C@@H]2COCCN2)cc1-c1ncon1. The number of hydrogen-bond donors (Lipinski definition) is 1. The van der Waals surface area contributed by atoms with Gasteiger partial charge in [0.1, 0.15) is 5.75 Å². The molecule has 1 aliphatic rings. The Morgan fingerprint density at radius 1 is 1.45 bits per heavy atom. The molecule has 1 aromatic heterocycles. The van der Waals surface area contributed by atoms with Crippen LogP contribution < -0.4 is 10.1 Å². The Hall–Kier alpha value is -1.92. The maximum Gasteiger partial charge on any atom is 0.214 e. The van der Waals surface area contributed by atoms with Gasteiger partial charge >= 0.3 is 0 Å². The lowest BCUT2D eigenvalue weighted by atomic mass is 10.0. The molecule has 20 heavy (non-hydrogen) atoms. The summed E-state index contributed by atoms with van der Waals surface area (Å²) in [6.07, 6.45) is 2.22. The van der Waals surface area contributed by atoms with E-state index in [4.69, 9.17) is 14.0 Å². The second-order valence-corrected chi connectivity index (χ2v) is 4.72. The van der Waals surface area contributed by atoms with E-state index in [1.165, 1.54) is 12.0 Å². The number of aromatic nitrogens is 2. The fraction of sp³-hybridized carbons (Fsp3) is 0.429. The van der Waals surface area contributed by atoms with E-state index in [2.05, 4.69) is 21.5 Å². The van der Waals surface area contributed by atoms with Crippen LogP contribution in [0.5, 0.6) is 5.75 Å². The van der Waals surface area contributed by atoms with Gasteiger partial charge in [-0.25, -0.2) is 0 Å². The molecule has 6 nitrogen and oxygen atoms in total. The molecule has 1 N–H and O–H groups in total. The third-order valence-electron chi connectivity index (χ3n) is 3.35. The van der Waals surface area contributed by atoms with E-state index in [0.29, 0.717) is 11.9 Å². The van der Waals surface area contributed by atoms with Crippen LogP contribution in [0.4, 0.5) is 0 Å². The Balaban J connectivity index is 1.83. The second-order valence-electron chi connectivity index (χ2n) is 4.72. The minimum atomic E-state index is 0.343. The van der Waals surface area contributed by atoms with E-state index < -0.39 is 0 Å². The third-order valence-corrected chi connectivity index (χ3v) is 3.35. The number of morpholine rings is 1. The van der Waals surface area contributed by atoms with Gasteiger partial charge in [-0.15, -0.1) is 0 Å². The molecular weight excluding hydrogens is 258 g/mol. The first kappa shape index (κ1) is 13.1. The summed E-state index contributed by atoms with van der Waals surface area (Å²) in [5.41, 5.74) is 2.03. The van der Waals surface area contributed by atoms with Crippen molar-refractivity contribution in [3.05, 3.63) is 30.2 Å². The van der Waals surface area contributed by atoms with Crippen LogP contribution in [0.25, 0.3) is 11.4 Å². The molecule has 0 saturated carbocycles. The van der Waals surface area contributed by atoms with Gasteiger partial charge in [-0.3, -0.25) is 0 Å². The smallest absolute Gasteiger partial charge is 0.214 e. The standard InChI is InChI=1S/C14H17N3O3/c1-18-13-3-2-10(6-11-8-19-5-4-15-11)7-12(13)14-16-9-20-17-14/h2-3,7,9,11,15H,4-6,8H2,1H3/t11-/m1/s1. The molecule has 2 aromatic rings. The van der Waals surface area contributed by atoms with Gasteiger partial charge in [0.2, 0.25) is 12.2 Å². The zero-order valence-corrected chi connectivity index (χ0v) is 11.3. The molecule has 0 unspecified atom stereocenters. The highest BCUT2D eigenvalue weighted by Gasteiger charge is 2.16. The van der Waals surface area contributed by atoms with Crippen LogP contribution in [0.15, 0.2) is 29.1 Å². The maximum atomic E-state index is 5.47. The van der Waals surface area contributed by atoms with Crippen molar-refractivity contribution in [2.24, 2.45) is 0 Å². The van der Waals surface area contributed by atoms with Crippen molar-refractivity contribution in [3.8, 4) is 17.1 Å². The Bertz CT molecular complexity index is 551. The number of nitrogens with one attached hydrogen (secondary N) is 1. The highest BCUT2D eigenvalue weighted by Crippen LogP contribution is 2.28.